The van der Waals surface area contributed by atoms with Crippen molar-refractivity contribution in [1.82, 2.24) is 9.55 Å². The first kappa shape index (κ1) is 25.5. The van der Waals surface area contributed by atoms with Gasteiger partial charge in [-0.25, -0.2) is 13.7 Å². The van der Waals surface area contributed by atoms with Gasteiger partial charge in [-0.1, -0.05) is 5.92 Å². The molecule has 32 heavy (non-hydrogen) atoms. The molecule has 2 fully saturated rings. The Bertz CT molecular complexity index is 1250. The molecular weight excluding hydrogens is 524 g/mol. The molecule has 0 radical (unpaired) electrons. The van der Waals surface area contributed by atoms with E-state index in [1.165, 1.54) is 0 Å². The summed E-state index contributed by atoms with van der Waals surface area (Å²) >= 11 is 4.91. The van der Waals surface area contributed by atoms with Crippen molar-refractivity contribution in [2.75, 3.05) is 6.61 Å². The van der Waals surface area contributed by atoms with Gasteiger partial charge in [0, 0.05) is 5.92 Å². The molecule has 1 aliphatic carbocycles. The Morgan fingerprint density at radius 2 is 1.94 bits per heavy atom. The molecule has 6 unspecified atom stereocenters. The Balaban J connectivity index is 1.79. The second-order valence-electron chi connectivity index (χ2n) is 6.77. The van der Waals surface area contributed by atoms with Crippen molar-refractivity contribution < 1.29 is 60.6 Å². The first-order valence-corrected chi connectivity index (χ1v) is 13.0. The lowest BCUT2D eigenvalue weighted by Gasteiger charge is -2.28. The minimum atomic E-state index is -5.73. The topological polar surface area (TPSA) is 227 Å². The van der Waals surface area contributed by atoms with Crippen LogP contribution in [-0.4, -0.2) is 52.0 Å². The van der Waals surface area contributed by atoms with E-state index in [0.29, 0.717) is 6.20 Å². The van der Waals surface area contributed by atoms with Crippen LogP contribution in [0.3, 0.4) is 0 Å². The SMILES string of the molecule is C#CC1(O)C(n2cc(F)c(=O)[nH]c2=S)OC2(COP(=O)(O)OP(=O)(O)OP(=O)(O)O)CC21. The van der Waals surface area contributed by atoms with Gasteiger partial charge >= 0.3 is 23.5 Å². The summed E-state index contributed by atoms with van der Waals surface area (Å²) in [6.07, 6.45) is 4.42. The van der Waals surface area contributed by atoms with E-state index in [1.54, 1.807) is 0 Å². The number of phosphoric ester groups is 1. The van der Waals surface area contributed by atoms with E-state index in [9.17, 15) is 37.8 Å². The van der Waals surface area contributed by atoms with Crippen molar-refractivity contribution in [1.29, 1.82) is 0 Å². The van der Waals surface area contributed by atoms with Gasteiger partial charge in [0.1, 0.15) is 5.60 Å². The summed E-state index contributed by atoms with van der Waals surface area (Å²) in [7, 11) is -16.8. The van der Waals surface area contributed by atoms with E-state index < -0.39 is 64.8 Å². The van der Waals surface area contributed by atoms with Crippen molar-refractivity contribution in [3.63, 3.8) is 0 Å². The average Bonchev–Trinajstić information content (AvgIpc) is 3.28. The lowest BCUT2D eigenvalue weighted by molar-refractivity contribution is -0.113. The lowest BCUT2D eigenvalue weighted by Crippen LogP contribution is -2.39. The van der Waals surface area contributed by atoms with Gasteiger partial charge in [-0.2, -0.15) is 13.0 Å². The maximum absolute atomic E-state index is 13.7. The van der Waals surface area contributed by atoms with Crippen LogP contribution in [0.15, 0.2) is 11.0 Å². The Morgan fingerprint density at radius 1 is 1.31 bits per heavy atom. The highest BCUT2D eigenvalue weighted by Crippen LogP contribution is 2.69. The van der Waals surface area contributed by atoms with Gasteiger partial charge in [-0.05, 0) is 18.6 Å². The number of nitrogens with zero attached hydrogens (tertiary/aromatic N) is 1. The van der Waals surface area contributed by atoms with Crippen LogP contribution >= 0.6 is 35.7 Å². The Kier molecular flexibility index (Phi) is 6.39. The molecule has 0 aromatic carbocycles. The molecule has 20 heteroatoms. The van der Waals surface area contributed by atoms with Crippen LogP contribution in [0.25, 0.3) is 0 Å². The molecule has 1 aromatic rings. The number of hydrogen-bond acceptors (Lipinski definition) is 10. The quantitative estimate of drug-likeness (QED) is 0.146. The summed E-state index contributed by atoms with van der Waals surface area (Å²) in [5.74, 6) is -0.156. The number of nitrogens with one attached hydrogen (secondary N) is 1. The van der Waals surface area contributed by atoms with E-state index in [1.807, 2.05) is 4.98 Å². The number of rotatable bonds is 8. The Hall–Kier alpha value is -1.08. The third-order valence-corrected chi connectivity index (χ3v) is 8.67. The van der Waals surface area contributed by atoms with Crippen molar-refractivity contribution >= 4 is 35.7 Å². The lowest BCUT2D eigenvalue weighted by atomic mass is 9.97. The number of fused-ring (bicyclic) bond motifs is 1. The second kappa shape index (κ2) is 8.00. The summed E-state index contributed by atoms with van der Waals surface area (Å²) in [5, 5.41) is 10.9. The minimum absolute atomic E-state index is 0.0425. The van der Waals surface area contributed by atoms with Crippen molar-refractivity contribution in [3.8, 4) is 12.3 Å². The standard InChI is InChI=1S/C12H14FN2O13P3S/c1-2-12(17)7-3-11(7,26-9(12)15-4-6(13)8(16)14-10(15)32)5-25-30(21,22)28-31(23,24)27-29(18,19)20/h1,4,7,9,17H,3,5H2,(H,21,22)(H,23,24)(H,14,16,32)(H2,18,19,20). The van der Waals surface area contributed by atoms with Gasteiger partial charge < -0.3 is 29.4 Å². The number of aromatic amines is 1. The van der Waals surface area contributed by atoms with Gasteiger partial charge in [-0.15, -0.1) is 6.42 Å². The molecule has 1 saturated heterocycles. The molecule has 0 amide bonds. The van der Waals surface area contributed by atoms with Gasteiger partial charge in [0.25, 0.3) is 5.56 Å². The van der Waals surface area contributed by atoms with Crippen LogP contribution in [0, 0.1) is 28.8 Å². The van der Waals surface area contributed by atoms with E-state index in [4.69, 9.17) is 33.2 Å². The van der Waals surface area contributed by atoms with Gasteiger partial charge in [-0.3, -0.25) is 18.9 Å². The molecule has 1 aromatic heterocycles. The maximum Gasteiger partial charge on any atom is 0.490 e. The van der Waals surface area contributed by atoms with Gasteiger partial charge in [0.2, 0.25) is 5.82 Å². The molecule has 2 aliphatic rings. The Labute approximate surface area is 182 Å². The zero-order valence-corrected chi connectivity index (χ0v) is 18.8. The third-order valence-electron chi connectivity index (χ3n) is 4.57. The van der Waals surface area contributed by atoms with Crippen LogP contribution in [0.5, 0.6) is 0 Å². The fraction of sp³-hybridized carbons (Fsp3) is 0.500. The number of ether oxygens (including phenoxy) is 1. The van der Waals surface area contributed by atoms with E-state index in [-0.39, 0.29) is 11.2 Å². The van der Waals surface area contributed by atoms with Crippen molar-refractivity contribution in [3.05, 3.63) is 27.1 Å². The molecule has 0 spiro atoms. The molecule has 1 saturated carbocycles. The molecule has 3 rings (SSSR count). The number of aromatic nitrogens is 2. The summed E-state index contributed by atoms with van der Waals surface area (Å²) in [6, 6.07) is 0. The van der Waals surface area contributed by atoms with Gasteiger partial charge in [0.05, 0.1) is 12.8 Å². The van der Waals surface area contributed by atoms with Crippen molar-refractivity contribution in [2.24, 2.45) is 5.92 Å². The average molecular weight is 538 g/mol. The number of aliphatic hydroxyl groups is 1. The zero-order valence-electron chi connectivity index (χ0n) is 15.3. The highest BCUT2D eigenvalue weighted by molar-refractivity contribution is 7.71. The molecule has 6 atom stereocenters. The highest BCUT2D eigenvalue weighted by Gasteiger charge is 2.75. The molecule has 6 N–H and O–H groups in total. The predicted octanol–water partition coefficient (Wildman–Crippen LogP) is 0.0401. The molecule has 2 heterocycles. The molecule has 0 bridgehead atoms. The maximum atomic E-state index is 13.7. The normalized spacial score (nSPS) is 33.0. The van der Waals surface area contributed by atoms with Crippen LogP contribution in [0.4, 0.5) is 4.39 Å². The van der Waals surface area contributed by atoms with Crippen LogP contribution in [0.2, 0.25) is 0 Å². The first-order valence-electron chi connectivity index (χ1n) is 8.11. The monoisotopic (exact) mass is 538 g/mol. The smallest absolute Gasteiger partial charge is 0.373 e. The Morgan fingerprint density at radius 3 is 2.50 bits per heavy atom. The first-order chi connectivity index (χ1) is 14.4. The number of halogens is 1. The summed E-state index contributed by atoms with van der Waals surface area (Å²) in [4.78, 5) is 49.2. The number of terminal acetylenes is 1. The van der Waals surface area contributed by atoms with Crippen LogP contribution in [0.1, 0.15) is 12.6 Å². The third kappa shape index (κ3) is 5.03. The van der Waals surface area contributed by atoms with Crippen LogP contribution in [-0.2, 0) is 31.6 Å². The second-order valence-corrected chi connectivity index (χ2v) is 11.6. The summed E-state index contributed by atoms with van der Waals surface area (Å²) < 4.78 is 65.5. The van der Waals surface area contributed by atoms with Crippen LogP contribution < -0.4 is 5.56 Å². The number of hydrogen-bond donors (Lipinski definition) is 6. The number of phosphoric acid groups is 3. The fourth-order valence-corrected chi connectivity index (χ4v) is 6.54. The minimum Gasteiger partial charge on any atom is -0.373 e. The zero-order chi connectivity index (χ0) is 24.3. The molecule has 178 valence electrons. The summed E-state index contributed by atoms with van der Waals surface area (Å²) in [6.45, 7) is -0.874. The van der Waals surface area contributed by atoms with E-state index >= 15 is 0 Å². The molecule has 1 aliphatic heterocycles. The predicted molar refractivity (Wildman–Crippen MR) is 100 cm³/mol. The number of H-pyrrole nitrogens is 1. The van der Waals surface area contributed by atoms with Crippen molar-refractivity contribution in [2.45, 2.75) is 23.9 Å². The van der Waals surface area contributed by atoms with E-state index in [2.05, 4.69) is 19.1 Å². The highest BCUT2D eigenvalue weighted by atomic mass is 32.1. The van der Waals surface area contributed by atoms with Gasteiger partial charge in [0.15, 0.2) is 16.6 Å². The molecular formula is C12H14FN2O13P3S. The fourth-order valence-electron chi connectivity index (χ4n) is 3.22. The largest absolute Gasteiger partial charge is 0.490 e. The van der Waals surface area contributed by atoms with E-state index in [0.717, 1.165) is 4.57 Å². The summed E-state index contributed by atoms with van der Waals surface area (Å²) in [5.41, 5.74) is -4.83. The molecule has 15 nitrogen and oxygen atoms in total.